The van der Waals surface area contributed by atoms with Crippen molar-refractivity contribution < 1.29 is 0 Å². The fraction of sp³-hybridized carbons (Fsp3) is 1.00. The summed E-state index contributed by atoms with van der Waals surface area (Å²) in [5.74, 6) is 2.66. The lowest BCUT2D eigenvalue weighted by molar-refractivity contribution is 0.205. The van der Waals surface area contributed by atoms with Crippen LogP contribution in [0.25, 0.3) is 0 Å². The molecule has 0 amide bonds. The molecule has 2 aliphatic heterocycles. The topological polar surface area (TPSA) is 15.3 Å². The van der Waals surface area contributed by atoms with Crippen molar-refractivity contribution in [2.75, 3.05) is 26.2 Å². The second kappa shape index (κ2) is 4.19. The Balaban J connectivity index is 1.88. The molecule has 2 heteroatoms. The summed E-state index contributed by atoms with van der Waals surface area (Å²) in [6.45, 7) is 12.2. The second-order valence-electron chi connectivity index (χ2n) is 5.49. The molecule has 0 aromatic rings. The van der Waals surface area contributed by atoms with Crippen LogP contribution in [0.3, 0.4) is 0 Å². The summed E-state index contributed by atoms with van der Waals surface area (Å²) in [5.41, 5.74) is 0. The van der Waals surface area contributed by atoms with Crippen molar-refractivity contribution >= 4 is 0 Å². The Morgan fingerprint density at radius 1 is 1.29 bits per heavy atom. The van der Waals surface area contributed by atoms with Crippen molar-refractivity contribution in [1.29, 1.82) is 0 Å². The van der Waals surface area contributed by atoms with Crippen LogP contribution in [0.15, 0.2) is 0 Å². The van der Waals surface area contributed by atoms with Gasteiger partial charge in [-0.2, -0.15) is 0 Å². The fourth-order valence-electron chi connectivity index (χ4n) is 2.95. The van der Waals surface area contributed by atoms with Gasteiger partial charge in [0.25, 0.3) is 0 Å². The van der Waals surface area contributed by atoms with Gasteiger partial charge in [-0.25, -0.2) is 0 Å². The highest BCUT2D eigenvalue weighted by atomic mass is 15.2. The number of likely N-dealkylation sites (tertiary alicyclic amines) is 1. The van der Waals surface area contributed by atoms with Gasteiger partial charge in [-0.3, -0.25) is 4.90 Å². The summed E-state index contributed by atoms with van der Waals surface area (Å²) in [7, 11) is 0. The normalized spacial score (nSPS) is 39.9. The molecule has 3 atom stereocenters. The van der Waals surface area contributed by atoms with Gasteiger partial charge < -0.3 is 5.32 Å². The van der Waals surface area contributed by atoms with E-state index >= 15 is 0 Å². The van der Waals surface area contributed by atoms with E-state index in [1.807, 2.05) is 0 Å². The van der Waals surface area contributed by atoms with E-state index in [1.54, 1.807) is 0 Å². The number of hydrogen-bond acceptors (Lipinski definition) is 2. The van der Waals surface area contributed by atoms with Gasteiger partial charge in [-0.05, 0) is 37.3 Å². The van der Waals surface area contributed by atoms with Crippen LogP contribution in [0.4, 0.5) is 0 Å². The molecule has 3 unspecified atom stereocenters. The molecule has 0 spiro atoms. The molecular weight excluding hydrogens is 172 g/mol. The number of nitrogens with zero attached hydrogens (tertiary/aromatic N) is 1. The zero-order chi connectivity index (χ0) is 10.1. The lowest BCUT2D eigenvalue weighted by atomic mass is 9.95. The van der Waals surface area contributed by atoms with Crippen LogP contribution in [0, 0.1) is 17.8 Å². The molecule has 2 fully saturated rings. The number of nitrogens with one attached hydrogen (secondary N) is 1. The average Bonchev–Trinajstić information content (AvgIpc) is 2.71. The Hall–Kier alpha value is -0.0800. The van der Waals surface area contributed by atoms with E-state index in [4.69, 9.17) is 0 Å². The summed E-state index contributed by atoms with van der Waals surface area (Å²) in [6, 6.07) is 0.818. The third-order valence-corrected chi connectivity index (χ3v) is 4.14. The quantitative estimate of drug-likeness (QED) is 0.721. The smallest absolute Gasteiger partial charge is 0.0258 e. The molecule has 0 aliphatic carbocycles. The largest absolute Gasteiger partial charge is 0.315 e. The Morgan fingerprint density at radius 3 is 2.57 bits per heavy atom. The van der Waals surface area contributed by atoms with Gasteiger partial charge in [0.15, 0.2) is 0 Å². The van der Waals surface area contributed by atoms with Crippen molar-refractivity contribution in [3.8, 4) is 0 Å². The predicted molar refractivity (Wildman–Crippen MR) is 60.3 cm³/mol. The number of rotatable bonds is 2. The van der Waals surface area contributed by atoms with E-state index in [1.165, 1.54) is 32.6 Å². The second-order valence-corrected chi connectivity index (χ2v) is 5.49. The van der Waals surface area contributed by atoms with E-state index in [0.717, 1.165) is 23.8 Å². The fourth-order valence-corrected chi connectivity index (χ4v) is 2.95. The summed E-state index contributed by atoms with van der Waals surface area (Å²) in [4.78, 5) is 2.72. The summed E-state index contributed by atoms with van der Waals surface area (Å²) in [6.07, 6.45) is 1.42. The first-order valence-corrected chi connectivity index (χ1v) is 6.13. The molecule has 2 rings (SSSR count). The predicted octanol–water partition coefficient (Wildman–Crippen LogP) is 1.57. The van der Waals surface area contributed by atoms with Crippen LogP contribution in [0.2, 0.25) is 0 Å². The first kappa shape index (κ1) is 10.4. The standard InChI is InChI=1S/C12H24N2/c1-9(2)11-4-5-14(8-11)12-7-13-6-10(12)3/h9-13H,4-8H2,1-3H3. The van der Waals surface area contributed by atoms with E-state index in [9.17, 15) is 0 Å². The maximum absolute atomic E-state index is 3.50. The summed E-state index contributed by atoms with van der Waals surface area (Å²) >= 11 is 0. The van der Waals surface area contributed by atoms with Gasteiger partial charge in [0.05, 0.1) is 0 Å². The molecule has 0 bridgehead atoms. The Bertz CT molecular complexity index is 191. The molecule has 2 saturated heterocycles. The van der Waals surface area contributed by atoms with Crippen LogP contribution in [-0.4, -0.2) is 37.1 Å². The van der Waals surface area contributed by atoms with E-state index < -0.39 is 0 Å². The van der Waals surface area contributed by atoms with Gasteiger partial charge in [0.1, 0.15) is 0 Å². The first-order chi connectivity index (χ1) is 6.68. The zero-order valence-corrected chi connectivity index (χ0v) is 9.79. The Kier molecular flexibility index (Phi) is 3.13. The molecule has 0 radical (unpaired) electrons. The molecule has 82 valence electrons. The number of hydrogen-bond donors (Lipinski definition) is 1. The van der Waals surface area contributed by atoms with Gasteiger partial charge in [0.2, 0.25) is 0 Å². The monoisotopic (exact) mass is 196 g/mol. The minimum absolute atomic E-state index is 0.818. The molecule has 0 saturated carbocycles. The molecule has 2 aliphatic rings. The van der Waals surface area contributed by atoms with Crippen molar-refractivity contribution in [3.05, 3.63) is 0 Å². The van der Waals surface area contributed by atoms with Crippen LogP contribution < -0.4 is 5.32 Å². The van der Waals surface area contributed by atoms with Crippen LogP contribution in [0.1, 0.15) is 27.2 Å². The van der Waals surface area contributed by atoms with E-state index in [2.05, 4.69) is 31.0 Å². The van der Waals surface area contributed by atoms with Crippen LogP contribution in [-0.2, 0) is 0 Å². The van der Waals surface area contributed by atoms with Crippen LogP contribution in [0.5, 0.6) is 0 Å². The average molecular weight is 196 g/mol. The third-order valence-electron chi connectivity index (χ3n) is 4.14. The van der Waals surface area contributed by atoms with Gasteiger partial charge in [0, 0.05) is 19.1 Å². The minimum atomic E-state index is 0.818. The van der Waals surface area contributed by atoms with Gasteiger partial charge in [-0.1, -0.05) is 20.8 Å². The van der Waals surface area contributed by atoms with Crippen molar-refractivity contribution in [1.82, 2.24) is 10.2 Å². The summed E-state index contributed by atoms with van der Waals surface area (Å²) in [5, 5.41) is 3.50. The van der Waals surface area contributed by atoms with Crippen molar-refractivity contribution in [2.24, 2.45) is 17.8 Å². The lowest BCUT2D eigenvalue weighted by Crippen LogP contribution is -2.38. The lowest BCUT2D eigenvalue weighted by Gasteiger charge is -2.27. The maximum atomic E-state index is 3.50. The highest BCUT2D eigenvalue weighted by molar-refractivity contribution is 4.90. The molecule has 2 heterocycles. The van der Waals surface area contributed by atoms with Crippen molar-refractivity contribution in [3.63, 3.8) is 0 Å². The molecule has 1 N–H and O–H groups in total. The zero-order valence-electron chi connectivity index (χ0n) is 9.79. The first-order valence-electron chi connectivity index (χ1n) is 6.13. The molecule has 2 nitrogen and oxygen atoms in total. The molecule has 0 aromatic heterocycles. The van der Waals surface area contributed by atoms with E-state index in [0.29, 0.717) is 0 Å². The van der Waals surface area contributed by atoms with Gasteiger partial charge >= 0.3 is 0 Å². The minimum Gasteiger partial charge on any atom is -0.315 e. The Morgan fingerprint density at radius 2 is 2.07 bits per heavy atom. The SMILES string of the molecule is CC(C)C1CCN(C2CNCC2C)C1. The molecular formula is C12H24N2. The van der Waals surface area contributed by atoms with E-state index in [-0.39, 0.29) is 0 Å². The molecule has 14 heavy (non-hydrogen) atoms. The summed E-state index contributed by atoms with van der Waals surface area (Å²) < 4.78 is 0. The highest BCUT2D eigenvalue weighted by Crippen LogP contribution is 2.28. The third kappa shape index (κ3) is 1.96. The highest BCUT2D eigenvalue weighted by Gasteiger charge is 2.34. The van der Waals surface area contributed by atoms with Gasteiger partial charge in [-0.15, -0.1) is 0 Å². The van der Waals surface area contributed by atoms with Crippen LogP contribution >= 0.6 is 0 Å². The maximum Gasteiger partial charge on any atom is 0.0258 e. The molecule has 0 aromatic carbocycles. The Labute approximate surface area is 88.1 Å². The van der Waals surface area contributed by atoms with Crippen molar-refractivity contribution in [2.45, 2.75) is 33.2 Å².